The van der Waals surface area contributed by atoms with Crippen molar-refractivity contribution < 1.29 is 9.90 Å². The van der Waals surface area contributed by atoms with Crippen molar-refractivity contribution >= 4 is 11.8 Å². The Morgan fingerprint density at radius 1 is 1.56 bits per heavy atom. The van der Waals surface area contributed by atoms with E-state index in [1.165, 1.54) is 0 Å². The van der Waals surface area contributed by atoms with Crippen molar-refractivity contribution in [2.24, 2.45) is 0 Å². The second-order valence-electron chi connectivity index (χ2n) is 4.43. The molecule has 0 aliphatic carbocycles. The fourth-order valence-electron chi connectivity index (χ4n) is 1.58. The maximum atomic E-state index is 11.7. The number of urea groups is 1. The van der Waals surface area contributed by atoms with Gasteiger partial charge in [-0.1, -0.05) is 6.92 Å². The molecule has 3 N–H and O–H groups in total. The summed E-state index contributed by atoms with van der Waals surface area (Å²) in [7, 11) is 0. The van der Waals surface area contributed by atoms with Gasteiger partial charge in [0.2, 0.25) is 0 Å². The van der Waals surface area contributed by atoms with Crippen molar-refractivity contribution in [2.45, 2.75) is 45.7 Å². The van der Waals surface area contributed by atoms with Crippen LogP contribution in [0.15, 0.2) is 12.3 Å². The minimum Gasteiger partial charge on any atom is -0.396 e. The van der Waals surface area contributed by atoms with Gasteiger partial charge in [-0.3, -0.25) is 5.32 Å². The molecule has 0 aliphatic heterocycles. The highest BCUT2D eigenvalue weighted by atomic mass is 16.3. The minimum atomic E-state index is -0.277. The smallest absolute Gasteiger partial charge is 0.320 e. The SMILES string of the molecule is CCC(C)n1nccc1NC(=O)NC(C)CCO. The van der Waals surface area contributed by atoms with E-state index >= 15 is 0 Å². The summed E-state index contributed by atoms with van der Waals surface area (Å²) in [5, 5.41) is 18.5. The van der Waals surface area contributed by atoms with Crippen LogP contribution in [-0.2, 0) is 0 Å². The minimum absolute atomic E-state index is 0.0602. The lowest BCUT2D eigenvalue weighted by atomic mass is 10.2. The first-order valence-corrected chi connectivity index (χ1v) is 6.30. The van der Waals surface area contributed by atoms with Crippen LogP contribution in [0.25, 0.3) is 0 Å². The van der Waals surface area contributed by atoms with Crippen LogP contribution in [0.2, 0.25) is 0 Å². The molecule has 18 heavy (non-hydrogen) atoms. The lowest BCUT2D eigenvalue weighted by Crippen LogP contribution is -2.37. The Kier molecular flexibility index (Phi) is 5.64. The van der Waals surface area contributed by atoms with Gasteiger partial charge < -0.3 is 10.4 Å². The average Bonchev–Trinajstić information content (AvgIpc) is 2.76. The Bertz CT molecular complexity index is 378. The number of aliphatic hydroxyl groups excluding tert-OH is 1. The molecule has 0 spiro atoms. The van der Waals surface area contributed by atoms with Crippen molar-refractivity contribution in [1.29, 1.82) is 0 Å². The monoisotopic (exact) mass is 254 g/mol. The first-order chi connectivity index (χ1) is 8.58. The molecule has 1 aromatic heterocycles. The van der Waals surface area contributed by atoms with E-state index in [4.69, 9.17) is 5.11 Å². The third-order valence-electron chi connectivity index (χ3n) is 2.86. The maximum absolute atomic E-state index is 11.7. The second kappa shape index (κ2) is 7.00. The second-order valence-corrected chi connectivity index (χ2v) is 4.43. The van der Waals surface area contributed by atoms with Gasteiger partial charge in [0.1, 0.15) is 5.82 Å². The van der Waals surface area contributed by atoms with Gasteiger partial charge in [0.25, 0.3) is 0 Å². The molecule has 6 heteroatoms. The Balaban J connectivity index is 2.57. The van der Waals surface area contributed by atoms with Crippen molar-refractivity contribution in [3.05, 3.63) is 12.3 Å². The number of anilines is 1. The number of hydrogen-bond donors (Lipinski definition) is 3. The van der Waals surface area contributed by atoms with E-state index in [1.54, 1.807) is 16.9 Å². The summed E-state index contributed by atoms with van der Waals surface area (Å²) in [6.45, 7) is 6.03. The molecule has 0 fully saturated rings. The number of amides is 2. The largest absolute Gasteiger partial charge is 0.396 e. The van der Waals surface area contributed by atoms with Crippen LogP contribution in [0.5, 0.6) is 0 Å². The van der Waals surface area contributed by atoms with Crippen molar-refractivity contribution in [3.63, 3.8) is 0 Å². The van der Waals surface area contributed by atoms with Crippen LogP contribution in [0.4, 0.5) is 10.6 Å². The predicted octanol–water partition coefficient (Wildman–Crippen LogP) is 1.75. The summed E-state index contributed by atoms with van der Waals surface area (Å²) >= 11 is 0. The number of carbonyl (C=O) groups excluding carboxylic acids is 1. The summed E-state index contributed by atoms with van der Waals surface area (Å²) in [6.07, 6.45) is 3.15. The predicted molar refractivity (Wildman–Crippen MR) is 70.5 cm³/mol. The highest BCUT2D eigenvalue weighted by Gasteiger charge is 2.12. The zero-order valence-corrected chi connectivity index (χ0v) is 11.2. The van der Waals surface area contributed by atoms with Crippen LogP contribution in [-0.4, -0.2) is 33.6 Å². The molecular formula is C12H22N4O2. The third-order valence-corrected chi connectivity index (χ3v) is 2.86. The maximum Gasteiger partial charge on any atom is 0.320 e. The van der Waals surface area contributed by atoms with Crippen molar-refractivity contribution in [2.75, 3.05) is 11.9 Å². The van der Waals surface area contributed by atoms with Crippen LogP contribution in [0, 0.1) is 0 Å². The molecule has 2 amide bonds. The number of nitrogens with one attached hydrogen (secondary N) is 2. The number of rotatable bonds is 6. The van der Waals surface area contributed by atoms with Gasteiger partial charge in [0.05, 0.1) is 12.2 Å². The fourth-order valence-corrected chi connectivity index (χ4v) is 1.58. The van der Waals surface area contributed by atoms with Gasteiger partial charge in [0, 0.05) is 18.7 Å². The van der Waals surface area contributed by atoms with Crippen LogP contribution < -0.4 is 10.6 Å². The van der Waals surface area contributed by atoms with Gasteiger partial charge in [-0.25, -0.2) is 9.48 Å². The highest BCUT2D eigenvalue weighted by molar-refractivity contribution is 5.88. The van der Waals surface area contributed by atoms with E-state index in [9.17, 15) is 4.79 Å². The van der Waals surface area contributed by atoms with E-state index in [2.05, 4.69) is 22.7 Å². The van der Waals surface area contributed by atoms with Gasteiger partial charge in [-0.15, -0.1) is 0 Å². The number of hydrogen-bond acceptors (Lipinski definition) is 3. The first kappa shape index (κ1) is 14.5. The molecule has 0 radical (unpaired) electrons. The quantitative estimate of drug-likeness (QED) is 0.723. The Labute approximate surface area is 107 Å². The van der Waals surface area contributed by atoms with E-state index in [-0.39, 0.29) is 24.7 Å². The molecular weight excluding hydrogens is 232 g/mol. The topological polar surface area (TPSA) is 79.2 Å². The molecule has 0 aliphatic rings. The molecule has 1 rings (SSSR count). The Morgan fingerprint density at radius 2 is 2.28 bits per heavy atom. The van der Waals surface area contributed by atoms with E-state index in [0.717, 1.165) is 6.42 Å². The average molecular weight is 254 g/mol. The van der Waals surface area contributed by atoms with E-state index < -0.39 is 0 Å². The summed E-state index contributed by atoms with van der Waals surface area (Å²) in [6, 6.07) is 1.67. The lowest BCUT2D eigenvalue weighted by Gasteiger charge is -2.16. The third kappa shape index (κ3) is 4.03. The van der Waals surface area contributed by atoms with Crippen LogP contribution >= 0.6 is 0 Å². The lowest BCUT2D eigenvalue weighted by molar-refractivity contribution is 0.241. The molecule has 0 saturated heterocycles. The fraction of sp³-hybridized carbons (Fsp3) is 0.667. The standard InChI is InChI=1S/C12H22N4O2/c1-4-10(3)16-11(5-7-13-16)15-12(18)14-9(2)6-8-17/h5,7,9-10,17H,4,6,8H2,1-3H3,(H2,14,15,18). The molecule has 0 bridgehead atoms. The molecule has 2 atom stereocenters. The summed E-state index contributed by atoms with van der Waals surface area (Å²) < 4.78 is 1.79. The number of aliphatic hydroxyl groups is 1. The summed E-state index contributed by atoms with van der Waals surface area (Å²) in [4.78, 5) is 11.7. The summed E-state index contributed by atoms with van der Waals surface area (Å²) in [5.41, 5.74) is 0. The van der Waals surface area contributed by atoms with Gasteiger partial charge >= 0.3 is 6.03 Å². The Hall–Kier alpha value is -1.56. The van der Waals surface area contributed by atoms with E-state index in [1.807, 2.05) is 13.8 Å². The summed E-state index contributed by atoms with van der Waals surface area (Å²) in [5.74, 6) is 0.679. The highest BCUT2D eigenvalue weighted by Crippen LogP contribution is 2.16. The molecule has 102 valence electrons. The molecule has 6 nitrogen and oxygen atoms in total. The number of carbonyl (C=O) groups is 1. The van der Waals surface area contributed by atoms with Crippen molar-refractivity contribution in [1.82, 2.24) is 15.1 Å². The number of aromatic nitrogens is 2. The van der Waals surface area contributed by atoms with Crippen LogP contribution in [0.1, 0.15) is 39.7 Å². The molecule has 1 heterocycles. The number of nitrogens with zero attached hydrogens (tertiary/aromatic N) is 2. The Morgan fingerprint density at radius 3 is 2.89 bits per heavy atom. The first-order valence-electron chi connectivity index (χ1n) is 6.30. The van der Waals surface area contributed by atoms with Gasteiger partial charge in [0.15, 0.2) is 0 Å². The zero-order valence-electron chi connectivity index (χ0n) is 11.2. The normalized spacial score (nSPS) is 14.0. The van der Waals surface area contributed by atoms with Gasteiger partial charge in [-0.05, 0) is 26.7 Å². The molecule has 1 aromatic rings. The van der Waals surface area contributed by atoms with Gasteiger partial charge in [-0.2, -0.15) is 5.10 Å². The molecule has 0 saturated carbocycles. The van der Waals surface area contributed by atoms with Crippen LogP contribution in [0.3, 0.4) is 0 Å². The van der Waals surface area contributed by atoms with Crippen molar-refractivity contribution in [3.8, 4) is 0 Å². The van der Waals surface area contributed by atoms with E-state index in [0.29, 0.717) is 12.2 Å². The zero-order chi connectivity index (χ0) is 13.5. The molecule has 2 unspecified atom stereocenters. The molecule has 0 aromatic carbocycles.